The minimum absolute atomic E-state index is 0.729. The van der Waals surface area contributed by atoms with Crippen LogP contribution >= 0.6 is 11.3 Å². The first kappa shape index (κ1) is 13.8. The highest BCUT2D eigenvalue weighted by Crippen LogP contribution is 2.25. The highest BCUT2D eigenvalue weighted by Gasteiger charge is 2.22. The zero-order chi connectivity index (χ0) is 13.8. The molecule has 0 aliphatic carbocycles. The number of imidazole rings is 1. The van der Waals surface area contributed by atoms with Crippen LogP contribution in [0.4, 0.5) is 0 Å². The molecule has 3 nitrogen and oxygen atoms in total. The standard InChI is InChI=1S/C16H23N3S/c1-14-6-11-20-16(14)12-19-8-3-2-4-15(19)5-9-18-10-7-17-13-18/h6-7,10-11,13,15H,2-5,8-9,12H2,1H3/t15-/m0/s1. The van der Waals surface area contributed by atoms with Crippen LogP contribution in [0.3, 0.4) is 0 Å². The van der Waals surface area contributed by atoms with E-state index in [9.17, 15) is 0 Å². The van der Waals surface area contributed by atoms with Crippen LogP contribution in [0.2, 0.25) is 0 Å². The summed E-state index contributed by atoms with van der Waals surface area (Å²) < 4.78 is 2.20. The van der Waals surface area contributed by atoms with Gasteiger partial charge in [0.1, 0.15) is 0 Å². The fourth-order valence-electron chi connectivity index (χ4n) is 3.06. The second-order valence-electron chi connectivity index (χ2n) is 5.74. The zero-order valence-corrected chi connectivity index (χ0v) is 13.0. The Morgan fingerprint density at radius 2 is 2.35 bits per heavy atom. The molecule has 0 unspecified atom stereocenters. The lowest BCUT2D eigenvalue weighted by molar-refractivity contribution is 0.129. The summed E-state index contributed by atoms with van der Waals surface area (Å²) in [5.41, 5.74) is 1.45. The summed E-state index contributed by atoms with van der Waals surface area (Å²) in [6.07, 6.45) is 11.2. The summed E-state index contributed by atoms with van der Waals surface area (Å²) in [5.74, 6) is 0. The van der Waals surface area contributed by atoms with E-state index in [1.807, 2.05) is 23.9 Å². The van der Waals surface area contributed by atoms with Gasteiger partial charge < -0.3 is 4.57 Å². The Labute approximate surface area is 125 Å². The van der Waals surface area contributed by atoms with E-state index in [-0.39, 0.29) is 0 Å². The zero-order valence-electron chi connectivity index (χ0n) is 12.2. The van der Waals surface area contributed by atoms with Gasteiger partial charge in [-0.15, -0.1) is 11.3 Å². The van der Waals surface area contributed by atoms with Crippen molar-refractivity contribution >= 4 is 11.3 Å². The molecular weight excluding hydrogens is 266 g/mol. The number of aromatic nitrogens is 2. The van der Waals surface area contributed by atoms with Crippen molar-refractivity contribution in [3.8, 4) is 0 Å². The molecule has 0 spiro atoms. The second kappa shape index (κ2) is 6.55. The summed E-state index contributed by atoms with van der Waals surface area (Å²) in [6.45, 7) is 5.71. The highest BCUT2D eigenvalue weighted by atomic mass is 32.1. The van der Waals surface area contributed by atoms with Crippen molar-refractivity contribution in [2.75, 3.05) is 6.54 Å². The van der Waals surface area contributed by atoms with Gasteiger partial charge in [0.25, 0.3) is 0 Å². The first-order valence-electron chi connectivity index (χ1n) is 7.55. The van der Waals surface area contributed by atoms with E-state index in [1.165, 1.54) is 37.8 Å². The van der Waals surface area contributed by atoms with Crippen molar-refractivity contribution in [3.63, 3.8) is 0 Å². The Balaban J connectivity index is 1.60. The molecule has 4 heteroatoms. The molecule has 1 fully saturated rings. The molecule has 108 valence electrons. The number of hydrogen-bond donors (Lipinski definition) is 0. The minimum atomic E-state index is 0.729. The largest absolute Gasteiger partial charge is 0.337 e. The van der Waals surface area contributed by atoms with Gasteiger partial charge in [0.2, 0.25) is 0 Å². The van der Waals surface area contributed by atoms with Crippen LogP contribution in [0.5, 0.6) is 0 Å². The van der Waals surface area contributed by atoms with Gasteiger partial charge >= 0.3 is 0 Å². The van der Waals surface area contributed by atoms with E-state index in [0.29, 0.717) is 0 Å². The molecule has 3 heterocycles. The van der Waals surface area contributed by atoms with Crippen LogP contribution in [-0.2, 0) is 13.1 Å². The smallest absolute Gasteiger partial charge is 0.0945 e. The molecule has 1 aliphatic heterocycles. The van der Waals surface area contributed by atoms with Crippen molar-refractivity contribution in [2.24, 2.45) is 0 Å². The summed E-state index contributed by atoms with van der Waals surface area (Å²) in [4.78, 5) is 8.36. The molecular formula is C16H23N3S. The Hall–Kier alpha value is -1.13. The third-order valence-electron chi connectivity index (χ3n) is 4.34. The molecule has 1 atom stereocenters. The SMILES string of the molecule is Cc1ccsc1CN1CCCC[C@H]1CCn1ccnc1. The maximum absolute atomic E-state index is 4.13. The topological polar surface area (TPSA) is 21.1 Å². The molecule has 0 bridgehead atoms. The van der Waals surface area contributed by atoms with Crippen LogP contribution in [0.25, 0.3) is 0 Å². The number of aryl methyl sites for hydroxylation is 2. The van der Waals surface area contributed by atoms with Crippen LogP contribution in [-0.4, -0.2) is 27.0 Å². The van der Waals surface area contributed by atoms with Gasteiger partial charge in [-0.2, -0.15) is 0 Å². The number of hydrogen-bond acceptors (Lipinski definition) is 3. The van der Waals surface area contributed by atoms with E-state index in [2.05, 4.69) is 39.0 Å². The number of rotatable bonds is 5. The van der Waals surface area contributed by atoms with Gasteiger partial charge in [-0.25, -0.2) is 4.98 Å². The monoisotopic (exact) mass is 289 g/mol. The molecule has 2 aromatic heterocycles. The molecule has 0 saturated carbocycles. The van der Waals surface area contributed by atoms with E-state index in [0.717, 1.165) is 19.1 Å². The van der Waals surface area contributed by atoms with E-state index in [4.69, 9.17) is 0 Å². The fraction of sp³-hybridized carbons (Fsp3) is 0.562. The third-order valence-corrected chi connectivity index (χ3v) is 5.35. The van der Waals surface area contributed by atoms with Crippen molar-refractivity contribution in [1.29, 1.82) is 0 Å². The molecule has 3 rings (SSSR count). The number of nitrogens with zero attached hydrogens (tertiary/aromatic N) is 3. The predicted molar refractivity (Wildman–Crippen MR) is 83.9 cm³/mol. The van der Waals surface area contributed by atoms with Crippen LogP contribution in [0, 0.1) is 6.92 Å². The normalized spacial score (nSPS) is 20.4. The molecule has 20 heavy (non-hydrogen) atoms. The molecule has 1 aliphatic rings. The Morgan fingerprint density at radius 1 is 1.40 bits per heavy atom. The maximum atomic E-state index is 4.13. The number of piperidine rings is 1. The molecule has 1 saturated heterocycles. The van der Waals surface area contributed by atoms with Gasteiger partial charge in [0, 0.05) is 36.4 Å². The maximum Gasteiger partial charge on any atom is 0.0945 e. The lowest BCUT2D eigenvalue weighted by atomic mass is 9.99. The summed E-state index contributed by atoms with van der Waals surface area (Å²) in [6, 6.07) is 2.97. The van der Waals surface area contributed by atoms with Gasteiger partial charge in [-0.05, 0) is 49.7 Å². The highest BCUT2D eigenvalue weighted by molar-refractivity contribution is 7.10. The average Bonchev–Trinajstić information content (AvgIpc) is 3.11. The quantitative estimate of drug-likeness (QED) is 0.837. The number of likely N-dealkylation sites (tertiary alicyclic amines) is 1. The van der Waals surface area contributed by atoms with Crippen molar-refractivity contribution < 1.29 is 0 Å². The fourth-order valence-corrected chi connectivity index (χ4v) is 3.99. The van der Waals surface area contributed by atoms with Crippen LogP contribution in [0.15, 0.2) is 30.2 Å². The number of thiophene rings is 1. The van der Waals surface area contributed by atoms with Gasteiger partial charge in [-0.3, -0.25) is 4.90 Å². The Bertz CT molecular complexity index is 518. The van der Waals surface area contributed by atoms with E-state index >= 15 is 0 Å². The van der Waals surface area contributed by atoms with Crippen LogP contribution in [0.1, 0.15) is 36.1 Å². The van der Waals surface area contributed by atoms with E-state index < -0.39 is 0 Å². The van der Waals surface area contributed by atoms with Gasteiger partial charge in [0.15, 0.2) is 0 Å². The Morgan fingerprint density at radius 3 is 3.10 bits per heavy atom. The predicted octanol–water partition coefficient (Wildman–Crippen LogP) is 3.70. The molecule has 0 aromatic carbocycles. The lowest BCUT2D eigenvalue weighted by Gasteiger charge is -2.35. The van der Waals surface area contributed by atoms with E-state index in [1.54, 1.807) is 4.88 Å². The van der Waals surface area contributed by atoms with Crippen molar-refractivity contribution in [2.45, 2.75) is 51.7 Å². The molecule has 0 N–H and O–H groups in total. The first-order valence-corrected chi connectivity index (χ1v) is 8.43. The molecule has 0 amide bonds. The molecule has 0 radical (unpaired) electrons. The lowest BCUT2D eigenvalue weighted by Crippen LogP contribution is -2.39. The van der Waals surface area contributed by atoms with Gasteiger partial charge in [-0.1, -0.05) is 6.42 Å². The first-order chi connectivity index (χ1) is 9.83. The summed E-state index contributed by atoms with van der Waals surface area (Å²) in [5, 5.41) is 2.22. The minimum Gasteiger partial charge on any atom is -0.337 e. The molecule has 2 aromatic rings. The average molecular weight is 289 g/mol. The van der Waals surface area contributed by atoms with Crippen molar-refractivity contribution in [1.82, 2.24) is 14.5 Å². The summed E-state index contributed by atoms with van der Waals surface area (Å²) >= 11 is 1.90. The Kier molecular flexibility index (Phi) is 4.53. The summed E-state index contributed by atoms with van der Waals surface area (Å²) in [7, 11) is 0. The van der Waals surface area contributed by atoms with Crippen LogP contribution < -0.4 is 0 Å². The second-order valence-corrected chi connectivity index (χ2v) is 6.74. The van der Waals surface area contributed by atoms with Gasteiger partial charge in [0.05, 0.1) is 6.33 Å². The van der Waals surface area contributed by atoms with Crippen molar-refractivity contribution in [3.05, 3.63) is 40.6 Å². The third kappa shape index (κ3) is 3.30.